The molecule has 2 heterocycles. The molecule has 2 aromatic heterocycles. The zero-order valence-corrected chi connectivity index (χ0v) is 18.2. The predicted octanol–water partition coefficient (Wildman–Crippen LogP) is 6.39. The molecule has 0 bridgehead atoms. The molecule has 0 radical (unpaired) electrons. The van der Waals surface area contributed by atoms with E-state index < -0.39 is 0 Å². The second kappa shape index (κ2) is 6.88. The highest BCUT2D eigenvalue weighted by atomic mass is 14.9. The summed E-state index contributed by atoms with van der Waals surface area (Å²) >= 11 is 0. The standard InChI is InChI=1S/C29H27N2/c1-20-17-26-25(23-11-8-16-30-28(23)29(26)14-6-7-15-29)18-24(20)27-13-12-22(19-31(27)2)21-9-4-3-5-10-21/h3-5,8-13,16-19H,6-7,14-15H2,1-2H3/q+1. The van der Waals surface area contributed by atoms with E-state index in [1.165, 1.54) is 76.0 Å². The minimum absolute atomic E-state index is 0.134. The van der Waals surface area contributed by atoms with Gasteiger partial charge in [0.25, 0.3) is 0 Å². The van der Waals surface area contributed by atoms with E-state index in [0.29, 0.717) is 0 Å². The fourth-order valence-corrected chi connectivity index (χ4v) is 5.91. The Bertz CT molecular complexity index is 1300. The summed E-state index contributed by atoms with van der Waals surface area (Å²) in [5.41, 5.74) is 12.1. The smallest absolute Gasteiger partial charge is 0.212 e. The van der Waals surface area contributed by atoms with E-state index in [-0.39, 0.29) is 5.41 Å². The van der Waals surface area contributed by atoms with E-state index in [1.54, 1.807) is 0 Å². The van der Waals surface area contributed by atoms with E-state index >= 15 is 0 Å². The summed E-state index contributed by atoms with van der Waals surface area (Å²) in [6, 6.07) is 24.3. The quantitative estimate of drug-likeness (QED) is 0.354. The van der Waals surface area contributed by atoms with Gasteiger partial charge in [-0.25, -0.2) is 4.57 Å². The van der Waals surface area contributed by atoms with Gasteiger partial charge in [0.15, 0.2) is 6.20 Å². The zero-order chi connectivity index (χ0) is 21.0. The number of nitrogens with zero attached hydrogens (tertiary/aromatic N) is 2. The van der Waals surface area contributed by atoms with Gasteiger partial charge in [-0.05, 0) is 60.2 Å². The molecule has 2 aromatic carbocycles. The molecule has 0 saturated heterocycles. The van der Waals surface area contributed by atoms with Crippen LogP contribution in [0.15, 0.2) is 79.1 Å². The Hall–Kier alpha value is -3.26. The van der Waals surface area contributed by atoms with Gasteiger partial charge in [-0.3, -0.25) is 4.98 Å². The molecule has 0 aliphatic heterocycles. The van der Waals surface area contributed by atoms with Crippen LogP contribution in [-0.4, -0.2) is 4.98 Å². The largest absolute Gasteiger partial charge is 0.260 e. The number of rotatable bonds is 2. The van der Waals surface area contributed by atoms with Crippen molar-refractivity contribution in [1.29, 1.82) is 0 Å². The third-order valence-electron chi connectivity index (χ3n) is 7.40. The second-order valence-corrected chi connectivity index (χ2v) is 9.18. The lowest BCUT2D eigenvalue weighted by atomic mass is 9.78. The highest BCUT2D eigenvalue weighted by Crippen LogP contribution is 2.56. The number of benzene rings is 2. The van der Waals surface area contributed by atoms with Crippen molar-refractivity contribution in [2.45, 2.75) is 38.0 Å². The van der Waals surface area contributed by atoms with E-state index in [1.807, 2.05) is 6.20 Å². The summed E-state index contributed by atoms with van der Waals surface area (Å²) in [6.07, 6.45) is 9.26. The van der Waals surface area contributed by atoms with Crippen LogP contribution in [0.2, 0.25) is 0 Å². The summed E-state index contributed by atoms with van der Waals surface area (Å²) in [4.78, 5) is 4.90. The number of aryl methyl sites for hydroxylation is 2. The molecular weight excluding hydrogens is 376 g/mol. The normalized spacial score (nSPS) is 15.8. The van der Waals surface area contributed by atoms with Crippen molar-refractivity contribution in [3.63, 3.8) is 0 Å². The lowest BCUT2D eigenvalue weighted by Crippen LogP contribution is -2.31. The minimum Gasteiger partial charge on any atom is -0.260 e. The molecule has 4 aromatic rings. The van der Waals surface area contributed by atoms with Gasteiger partial charge in [0.2, 0.25) is 5.69 Å². The van der Waals surface area contributed by atoms with Gasteiger partial charge in [0.05, 0.1) is 5.69 Å². The first kappa shape index (κ1) is 18.5. The number of hydrogen-bond acceptors (Lipinski definition) is 1. The van der Waals surface area contributed by atoms with Crippen molar-refractivity contribution in [1.82, 2.24) is 4.98 Å². The van der Waals surface area contributed by atoms with Crippen molar-refractivity contribution in [3.05, 3.63) is 95.9 Å². The Kier molecular flexibility index (Phi) is 4.11. The lowest BCUT2D eigenvalue weighted by molar-refractivity contribution is -0.659. The average Bonchev–Trinajstić information content (AvgIpc) is 3.39. The van der Waals surface area contributed by atoms with Crippen LogP contribution in [0.5, 0.6) is 0 Å². The molecule has 0 N–H and O–H groups in total. The van der Waals surface area contributed by atoms with Gasteiger partial charge in [-0.2, -0.15) is 0 Å². The van der Waals surface area contributed by atoms with Gasteiger partial charge in [-0.1, -0.05) is 55.3 Å². The van der Waals surface area contributed by atoms with Gasteiger partial charge >= 0.3 is 0 Å². The summed E-state index contributed by atoms with van der Waals surface area (Å²) in [6.45, 7) is 2.26. The van der Waals surface area contributed by atoms with Crippen LogP contribution in [0.4, 0.5) is 0 Å². The molecule has 2 nitrogen and oxygen atoms in total. The van der Waals surface area contributed by atoms with Crippen LogP contribution < -0.4 is 4.57 Å². The first-order chi connectivity index (χ1) is 15.2. The second-order valence-electron chi connectivity index (χ2n) is 9.18. The highest BCUT2D eigenvalue weighted by Gasteiger charge is 2.46. The lowest BCUT2D eigenvalue weighted by Gasteiger charge is -2.25. The van der Waals surface area contributed by atoms with Gasteiger partial charge < -0.3 is 0 Å². The van der Waals surface area contributed by atoms with Crippen LogP contribution in [0.1, 0.15) is 42.5 Å². The first-order valence-electron chi connectivity index (χ1n) is 11.3. The third kappa shape index (κ3) is 2.71. The molecule has 1 saturated carbocycles. The third-order valence-corrected chi connectivity index (χ3v) is 7.40. The Morgan fingerprint density at radius 3 is 2.39 bits per heavy atom. The summed E-state index contributed by atoms with van der Waals surface area (Å²) in [7, 11) is 2.16. The number of hydrogen-bond donors (Lipinski definition) is 0. The van der Waals surface area contributed by atoms with Gasteiger partial charge in [0.1, 0.15) is 7.05 Å². The van der Waals surface area contributed by atoms with Gasteiger partial charge in [0, 0.05) is 34.4 Å². The molecule has 31 heavy (non-hydrogen) atoms. The van der Waals surface area contributed by atoms with Crippen molar-refractivity contribution >= 4 is 0 Å². The minimum atomic E-state index is 0.134. The number of fused-ring (bicyclic) bond motifs is 5. The van der Waals surface area contributed by atoms with Crippen LogP contribution in [-0.2, 0) is 12.5 Å². The molecule has 0 atom stereocenters. The summed E-state index contributed by atoms with van der Waals surface area (Å²) < 4.78 is 2.27. The Morgan fingerprint density at radius 2 is 1.61 bits per heavy atom. The molecule has 0 amide bonds. The fourth-order valence-electron chi connectivity index (χ4n) is 5.91. The van der Waals surface area contributed by atoms with Crippen molar-refractivity contribution < 1.29 is 4.57 Å². The molecule has 2 aliphatic rings. The van der Waals surface area contributed by atoms with Gasteiger partial charge in [-0.15, -0.1) is 0 Å². The fraction of sp³-hybridized carbons (Fsp3) is 0.241. The maximum atomic E-state index is 4.90. The maximum absolute atomic E-state index is 4.90. The van der Waals surface area contributed by atoms with E-state index in [4.69, 9.17) is 4.98 Å². The Morgan fingerprint density at radius 1 is 0.806 bits per heavy atom. The molecule has 1 spiro atoms. The van der Waals surface area contributed by atoms with Crippen LogP contribution in [0, 0.1) is 6.92 Å². The molecular formula is C29H27N2+. The molecule has 2 aliphatic carbocycles. The number of aromatic nitrogens is 2. The molecule has 0 unspecified atom stereocenters. The topological polar surface area (TPSA) is 16.8 Å². The zero-order valence-electron chi connectivity index (χ0n) is 18.2. The first-order valence-corrected chi connectivity index (χ1v) is 11.3. The maximum Gasteiger partial charge on any atom is 0.212 e. The Balaban J connectivity index is 1.51. The molecule has 1 fully saturated rings. The van der Waals surface area contributed by atoms with Crippen LogP contribution in [0.3, 0.4) is 0 Å². The predicted molar refractivity (Wildman–Crippen MR) is 126 cm³/mol. The summed E-state index contributed by atoms with van der Waals surface area (Å²) in [5, 5.41) is 0. The summed E-state index contributed by atoms with van der Waals surface area (Å²) in [5.74, 6) is 0. The van der Waals surface area contributed by atoms with E-state index in [9.17, 15) is 0 Å². The van der Waals surface area contributed by atoms with E-state index in [0.717, 1.165) is 0 Å². The Labute approximate surface area is 184 Å². The van der Waals surface area contributed by atoms with Crippen LogP contribution in [0.25, 0.3) is 33.5 Å². The molecule has 2 heteroatoms. The van der Waals surface area contributed by atoms with Crippen molar-refractivity contribution in [2.24, 2.45) is 7.05 Å². The monoisotopic (exact) mass is 403 g/mol. The molecule has 6 rings (SSSR count). The van der Waals surface area contributed by atoms with Crippen molar-refractivity contribution in [3.8, 4) is 33.5 Å². The van der Waals surface area contributed by atoms with Crippen molar-refractivity contribution in [2.75, 3.05) is 0 Å². The SMILES string of the molecule is Cc1cc2c(cc1-c1ccc(-c3ccccc3)c[n+]1C)-c1cccnc1C21CCCC1. The highest BCUT2D eigenvalue weighted by molar-refractivity contribution is 5.84. The van der Waals surface area contributed by atoms with Crippen LogP contribution >= 0.6 is 0 Å². The van der Waals surface area contributed by atoms with E-state index in [2.05, 4.69) is 91.5 Å². The average molecular weight is 404 g/mol. The number of pyridine rings is 2. The molecule has 152 valence electrons.